The molecule has 0 saturated heterocycles. The highest BCUT2D eigenvalue weighted by molar-refractivity contribution is 9.10. The zero-order valence-corrected chi connectivity index (χ0v) is 10.7. The SMILES string of the molecule is CCc1nc(Br)cc(SCCOC)n1. The normalized spacial score (nSPS) is 10.5. The molecule has 78 valence electrons. The summed E-state index contributed by atoms with van der Waals surface area (Å²) in [4.78, 5) is 8.63. The fourth-order valence-electron chi connectivity index (χ4n) is 0.904. The van der Waals surface area contributed by atoms with Crippen LogP contribution in [-0.4, -0.2) is 29.4 Å². The van der Waals surface area contributed by atoms with Crippen LogP contribution in [0.25, 0.3) is 0 Å². The summed E-state index contributed by atoms with van der Waals surface area (Å²) < 4.78 is 5.83. The first-order valence-corrected chi connectivity index (χ1v) is 6.19. The van der Waals surface area contributed by atoms with Crippen LogP contribution in [0, 0.1) is 0 Å². The maximum Gasteiger partial charge on any atom is 0.130 e. The Balaban J connectivity index is 2.62. The summed E-state index contributed by atoms with van der Waals surface area (Å²) in [6, 6.07) is 1.93. The van der Waals surface area contributed by atoms with Gasteiger partial charge in [0.05, 0.1) is 6.61 Å². The van der Waals surface area contributed by atoms with E-state index in [9.17, 15) is 0 Å². The number of hydrogen-bond acceptors (Lipinski definition) is 4. The van der Waals surface area contributed by atoms with Crippen LogP contribution in [0.4, 0.5) is 0 Å². The van der Waals surface area contributed by atoms with Gasteiger partial charge in [-0.1, -0.05) is 6.92 Å². The Morgan fingerprint density at radius 2 is 2.29 bits per heavy atom. The van der Waals surface area contributed by atoms with Gasteiger partial charge in [0.25, 0.3) is 0 Å². The molecule has 0 N–H and O–H groups in total. The monoisotopic (exact) mass is 276 g/mol. The molecule has 0 unspecified atom stereocenters. The molecule has 0 aromatic carbocycles. The van der Waals surface area contributed by atoms with Gasteiger partial charge >= 0.3 is 0 Å². The van der Waals surface area contributed by atoms with Gasteiger partial charge in [0.2, 0.25) is 0 Å². The molecule has 0 bridgehead atoms. The highest BCUT2D eigenvalue weighted by Gasteiger charge is 2.01. The molecule has 0 atom stereocenters. The summed E-state index contributed by atoms with van der Waals surface area (Å²) in [6.07, 6.45) is 0.858. The van der Waals surface area contributed by atoms with Gasteiger partial charge < -0.3 is 4.74 Å². The van der Waals surface area contributed by atoms with Crippen molar-refractivity contribution in [3.05, 3.63) is 16.5 Å². The van der Waals surface area contributed by atoms with Crippen LogP contribution in [0.5, 0.6) is 0 Å². The van der Waals surface area contributed by atoms with E-state index in [2.05, 4.69) is 25.9 Å². The first-order chi connectivity index (χ1) is 6.76. The number of nitrogens with zero attached hydrogens (tertiary/aromatic N) is 2. The van der Waals surface area contributed by atoms with Crippen LogP contribution in [0.15, 0.2) is 15.7 Å². The maximum absolute atomic E-state index is 4.97. The Morgan fingerprint density at radius 3 is 2.93 bits per heavy atom. The lowest BCUT2D eigenvalue weighted by Gasteiger charge is -2.02. The minimum atomic E-state index is 0.744. The van der Waals surface area contributed by atoms with Crippen molar-refractivity contribution in [2.45, 2.75) is 18.4 Å². The number of aryl methyl sites for hydroxylation is 1. The molecule has 1 aromatic heterocycles. The standard InChI is InChI=1S/C9H13BrN2OS/c1-3-8-11-7(10)6-9(12-8)14-5-4-13-2/h6H,3-5H2,1-2H3. The maximum atomic E-state index is 4.97. The van der Waals surface area contributed by atoms with Crippen LogP contribution in [-0.2, 0) is 11.2 Å². The molecule has 0 fully saturated rings. The molecule has 0 aliphatic heterocycles. The fraction of sp³-hybridized carbons (Fsp3) is 0.556. The highest BCUT2D eigenvalue weighted by Crippen LogP contribution is 2.18. The second kappa shape index (κ2) is 6.37. The van der Waals surface area contributed by atoms with Crippen molar-refractivity contribution in [1.82, 2.24) is 9.97 Å². The number of methoxy groups -OCH3 is 1. The number of thioether (sulfide) groups is 1. The number of hydrogen-bond donors (Lipinski definition) is 0. The molecule has 0 spiro atoms. The molecule has 5 heteroatoms. The number of halogens is 1. The lowest BCUT2D eigenvalue weighted by atomic mass is 10.4. The van der Waals surface area contributed by atoms with E-state index < -0.39 is 0 Å². The summed E-state index contributed by atoms with van der Waals surface area (Å²) in [5.74, 6) is 1.79. The van der Waals surface area contributed by atoms with E-state index in [-0.39, 0.29) is 0 Å². The molecule has 3 nitrogen and oxygen atoms in total. The van der Waals surface area contributed by atoms with Crippen LogP contribution in [0.3, 0.4) is 0 Å². The average molecular weight is 277 g/mol. The Hall–Kier alpha value is -0.130. The van der Waals surface area contributed by atoms with Crippen LogP contribution >= 0.6 is 27.7 Å². The van der Waals surface area contributed by atoms with E-state index in [1.54, 1.807) is 18.9 Å². The van der Waals surface area contributed by atoms with Gasteiger partial charge in [-0.15, -0.1) is 11.8 Å². The Kier molecular flexibility index (Phi) is 5.44. The third-order valence-corrected chi connectivity index (χ3v) is 2.85. The second-order valence-corrected chi connectivity index (χ2v) is 4.57. The number of aromatic nitrogens is 2. The minimum Gasteiger partial charge on any atom is -0.384 e. The van der Waals surface area contributed by atoms with Crippen molar-refractivity contribution >= 4 is 27.7 Å². The molecule has 14 heavy (non-hydrogen) atoms. The Morgan fingerprint density at radius 1 is 1.50 bits per heavy atom. The molecule has 0 saturated carbocycles. The van der Waals surface area contributed by atoms with E-state index in [1.807, 2.05) is 13.0 Å². The molecule has 1 aromatic rings. The zero-order valence-electron chi connectivity index (χ0n) is 8.29. The largest absolute Gasteiger partial charge is 0.384 e. The van der Waals surface area contributed by atoms with Crippen molar-refractivity contribution in [1.29, 1.82) is 0 Å². The summed E-state index contributed by atoms with van der Waals surface area (Å²) in [6.45, 7) is 2.79. The lowest BCUT2D eigenvalue weighted by Crippen LogP contribution is -1.97. The molecule has 1 rings (SSSR count). The lowest BCUT2D eigenvalue weighted by molar-refractivity contribution is 0.218. The molecular formula is C9H13BrN2OS. The van der Waals surface area contributed by atoms with Gasteiger partial charge in [-0.2, -0.15) is 0 Å². The predicted octanol–water partition coefficient (Wildman–Crippen LogP) is 2.54. The quantitative estimate of drug-likeness (QED) is 0.470. The van der Waals surface area contributed by atoms with Crippen LogP contribution in [0.2, 0.25) is 0 Å². The summed E-state index contributed by atoms with van der Waals surface area (Å²) in [5.41, 5.74) is 0. The highest BCUT2D eigenvalue weighted by atomic mass is 79.9. The van der Waals surface area contributed by atoms with Gasteiger partial charge in [0.1, 0.15) is 15.5 Å². The van der Waals surface area contributed by atoms with Gasteiger partial charge in [-0.05, 0) is 15.9 Å². The smallest absolute Gasteiger partial charge is 0.130 e. The van der Waals surface area contributed by atoms with Gasteiger partial charge in [-0.25, -0.2) is 9.97 Å². The summed E-state index contributed by atoms with van der Waals surface area (Å²) in [7, 11) is 1.70. The fourth-order valence-corrected chi connectivity index (χ4v) is 2.30. The van der Waals surface area contributed by atoms with Gasteiger partial charge in [0, 0.05) is 25.3 Å². The van der Waals surface area contributed by atoms with E-state index in [1.165, 1.54) is 0 Å². The van der Waals surface area contributed by atoms with Crippen molar-refractivity contribution < 1.29 is 4.74 Å². The van der Waals surface area contributed by atoms with Crippen molar-refractivity contribution in [2.75, 3.05) is 19.5 Å². The summed E-state index contributed by atoms with van der Waals surface area (Å²) in [5, 5.41) is 1.00. The third-order valence-electron chi connectivity index (χ3n) is 1.57. The minimum absolute atomic E-state index is 0.744. The molecular weight excluding hydrogens is 264 g/mol. The number of rotatable bonds is 5. The van der Waals surface area contributed by atoms with Crippen LogP contribution < -0.4 is 0 Å². The van der Waals surface area contributed by atoms with Crippen molar-refractivity contribution in [2.24, 2.45) is 0 Å². The molecule has 0 aliphatic rings. The third kappa shape index (κ3) is 3.94. The molecule has 0 amide bonds. The molecule has 1 heterocycles. The molecule has 0 radical (unpaired) electrons. The topological polar surface area (TPSA) is 35.0 Å². The predicted molar refractivity (Wildman–Crippen MR) is 61.7 cm³/mol. The van der Waals surface area contributed by atoms with Crippen molar-refractivity contribution in [3.63, 3.8) is 0 Å². The van der Waals surface area contributed by atoms with Crippen molar-refractivity contribution in [3.8, 4) is 0 Å². The average Bonchev–Trinajstić information content (AvgIpc) is 2.17. The second-order valence-electron chi connectivity index (χ2n) is 2.64. The van der Waals surface area contributed by atoms with E-state index in [4.69, 9.17) is 4.74 Å². The van der Waals surface area contributed by atoms with Crippen LogP contribution in [0.1, 0.15) is 12.7 Å². The van der Waals surface area contributed by atoms with E-state index in [0.717, 1.165) is 34.2 Å². The number of ether oxygens (including phenoxy) is 1. The van der Waals surface area contributed by atoms with E-state index >= 15 is 0 Å². The Labute approximate surface area is 96.8 Å². The zero-order chi connectivity index (χ0) is 10.4. The van der Waals surface area contributed by atoms with Gasteiger partial charge in [0.15, 0.2) is 0 Å². The summed E-state index contributed by atoms with van der Waals surface area (Å²) >= 11 is 5.05. The first-order valence-electron chi connectivity index (χ1n) is 4.41. The first kappa shape index (κ1) is 11.9. The molecule has 0 aliphatic carbocycles. The Bertz CT molecular complexity index is 296. The van der Waals surface area contributed by atoms with Gasteiger partial charge in [-0.3, -0.25) is 0 Å². The van der Waals surface area contributed by atoms with E-state index in [0.29, 0.717) is 0 Å².